The molecule has 1 aromatic rings. The second kappa shape index (κ2) is 12.2. The summed E-state index contributed by atoms with van der Waals surface area (Å²) < 4.78 is 25.3. The quantitative estimate of drug-likeness (QED) is 0.529. The van der Waals surface area contributed by atoms with Gasteiger partial charge in [-0.15, -0.1) is 0 Å². The van der Waals surface area contributed by atoms with Gasteiger partial charge in [0, 0.05) is 11.8 Å². The molecule has 3 rings (SSSR count). The zero-order chi connectivity index (χ0) is 19.7. The van der Waals surface area contributed by atoms with Crippen LogP contribution in [0.2, 0.25) is 0 Å². The molecule has 0 spiro atoms. The summed E-state index contributed by atoms with van der Waals surface area (Å²) in [6, 6.07) is 8.61. The summed E-state index contributed by atoms with van der Waals surface area (Å²) >= 11 is -0.826. The summed E-state index contributed by atoms with van der Waals surface area (Å²) in [5.74, 6) is 3.88. The van der Waals surface area contributed by atoms with E-state index >= 15 is 0 Å². The number of hydrogen-bond donors (Lipinski definition) is 0. The summed E-state index contributed by atoms with van der Waals surface area (Å²) in [5, 5.41) is 0.476. The zero-order valence-electron chi connectivity index (χ0n) is 15.3. The maximum atomic E-state index is 12.6. The number of hydrogen-bond acceptors (Lipinski definition) is 2. The molecular weight excluding hydrogens is 466 g/mol. The van der Waals surface area contributed by atoms with Crippen molar-refractivity contribution in [3.8, 4) is 0 Å². The number of sulfone groups is 1. The van der Waals surface area contributed by atoms with Crippen LogP contribution < -0.4 is 0 Å². The molecule has 26 heavy (non-hydrogen) atoms. The summed E-state index contributed by atoms with van der Waals surface area (Å²) in [6.45, 7) is 7.71. The van der Waals surface area contributed by atoms with Gasteiger partial charge < -0.3 is 0 Å². The van der Waals surface area contributed by atoms with E-state index < -0.39 is 30.7 Å². The molecule has 0 aliphatic heterocycles. The van der Waals surface area contributed by atoms with E-state index in [0.717, 1.165) is 23.7 Å². The van der Waals surface area contributed by atoms with Gasteiger partial charge in [0.05, 0.1) is 4.90 Å². The minimum atomic E-state index is -3.40. The van der Waals surface area contributed by atoms with Gasteiger partial charge in [-0.25, -0.2) is 8.42 Å². The van der Waals surface area contributed by atoms with E-state index in [-0.39, 0.29) is 0 Å². The molecule has 0 amide bonds. The molecule has 0 unspecified atom stereocenters. The van der Waals surface area contributed by atoms with Crippen LogP contribution in [0.1, 0.15) is 27.7 Å². The minimum absolute atomic E-state index is 0.362. The molecule has 136 valence electrons. The molecule has 6 heteroatoms. The van der Waals surface area contributed by atoms with E-state index in [0.29, 0.717) is 10.1 Å². The Morgan fingerprint density at radius 1 is 0.692 bits per heavy atom. The van der Waals surface area contributed by atoms with Crippen molar-refractivity contribution in [1.29, 1.82) is 0 Å². The second-order valence-electron chi connectivity index (χ2n) is 5.68. The van der Waals surface area contributed by atoms with Crippen molar-refractivity contribution in [3.05, 3.63) is 91.4 Å². The van der Waals surface area contributed by atoms with Crippen LogP contribution in [0.15, 0.2) is 35.2 Å². The molecule has 0 aromatic heterocycles. The Bertz CT molecular complexity index is 584. The Labute approximate surface area is 179 Å². The number of benzene rings is 1. The van der Waals surface area contributed by atoms with E-state index in [1.54, 1.807) is 24.3 Å². The third-order valence-corrected chi connectivity index (χ3v) is 6.29. The van der Waals surface area contributed by atoms with E-state index in [1.165, 1.54) is 0 Å². The normalized spacial score (nSPS) is 20.1. The van der Waals surface area contributed by atoms with Crippen LogP contribution in [0.4, 0.5) is 0 Å². The van der Waals surface area contributed by atoms with Crippen LogP contribution in [0.5, 0.6) is 0 Å². The molecule has 2 nitrogen and oxygen atoms in total. The third kappa shape index (κ3) is 6.61. The molecule has 2 aliphatic rings. The summed E-state index contributed by atoms with van der Waals surface area (Å²) in [7, 11) is 6.47. The Balaban J connectivity index is 0.000000351. The second-order valence-corrected chi connectivity index (χ2v) is 11.3. The van der Waals surface area contributed by atoms with Crippen LogP contribution in [-0.4, -0.2) is 8.42 Å². The first-order valence-electron chi connectivity index (χ1n) is 7.95. The van der Waals surface area contributed by atoms with Gasteiger partial charge in [-0.1, -0.05) is 45.9 Å². The fourth-order valence-corrected chi connectivity index (χ4v) is 4.49. The van der Waals surface area contributed by atoms with Crippen molar-refractivity contribution in [2.45, 2.75) is 32.6 Å². The van der Waals surface area contributed by atoms with E-state index in [1.807, 2.05) is 65.9 Å². The van der Waals surface area contributed by atoms with Gasteiger partial charge in [-0.05, 0) is 56.1 Å². The van der Waals surface area contributed by atoms with E-state index in [9.17, 15) is 8.42 Å². The van der Waals surface area contributed by atoms with E-state index in [2.05, 4.69) is 0 Å². The van der Waals surface area contributed by atoms with Crippen LogP contribution in [0, 0.1) is 61.0 Å². The first kappa shape index (κ1) is 24.7. The molecule has 2 saturated carbocycles. The molecule has 2 fully saturated rings. The fourth-order valence-electron chi connectivity index (χ4n) is 2.63. The topological polar surface area (TPSA) is 34.1 Å². The van der Waals surface area contributed by atoms with Crippen LogP contribution in [-0.2, 0) is 30.7 Å². The molecule has 0 atom stereocenters. The molecule has 0 heterocycles. The Hall–Kier alpha value is 0.633. The van der Waals surface area contributed by atoms with Crippen molar-refractivity contribution in [2.75, 3.05) is 0 Å². The van der Waals surface area contributed by atoms with Gasteiger partial charge >= 0.3 is 37.9 Å². The van der Waals surface area contributed by atoms with Crippen LogP contribution in [0.3, 0.4) is 0 Å². The Kier molecular flexibility index (Phi) is 11.6. The number of rotatable bonds is 2. The Morgan fingerprint density at radius 2 is 1.04 bits per heavy atom. The summed E-state index contributed by atoms with van der Waals surface area (Å²) in [5.41, 5.74) is 0. The predicted octanol–water partition coefficient (Wildman–Crippen LogP) is 5.78. The zero-order valence-corrected chi connectivity index (χ0v) is 20.0. The molecule has 10 radical (unpaired) electrons. The first-order valence-corrected chi connectivity index (χ1v) is 15.8. The number of halogens is 2. The van der Waals surface area contributed by atoms with Crippen LogP contribution in [0.25, 0.3) is 0 Å². The SMILES string of the molecule is C[C]1[C](C)[C](C)[C](S(=O)(=O)c2ccccc2)[C]1C.[CH]1[CH][CH][CH][CH]1.[Cl][Zr+2][Cl]. The van der Waals surface area contributed by atoms with E-state index in [4.69, 9.17) is 17.0 Å². The van der Waals surface area contributed by atoms with Gasteiger partial charge in [0.1, 0.15) is 5.25 Å². The summed E-state index contributed by atoms with van der Waals surface area (Å²) in [6.07, 6.45) is 10.0. The molecule has 0 N–H and O–H groups in total. The van der Waals surface area contributed by atoms with Gasteiger partial charge in [0.25, 0.3) is 0 Å². The van der Waals surface area contributed by atoms with Gasteiger partial charge in [-0.2, -0.15) is 0 Å². The monoisotopic (exact) mass is 486 g/mol. The van der Waals surface area contributed by atoms with Crippen molar-refractivity contribution >= 4 is 26.9 Å². The van der Waals surface area contributed by atoms with Crippen LogP contribution >= 0.6 is 17.0 Å². The van der Waals surface area contributed by atoms with Crippen molar-refractivity contribution in [3.63, 3.8) is 0 Å². The third-order valence-electron chi connectivity index (χ3n) is 4.25. The van der Waals surface area contributed by atoms with Gasteiger partial charge in [0.15, 0.2) is 9.84 Å². The van der Waals surface area contributed by atoms with Gasteiger partial charge in [-0.3, -0.25) is 0 Å². The fraction of sp³-hybridized carbons (Fsp3) is 0.200. The molecule has 2 aliphatic carbocycles. The predicted molar refractivity (Wildman–Crippen MR) is 106 cm³/mol. The first-order chi connectivity index (χ1) is 12.3. The summed E-state index contributed by atoms with van der Waals surface area (Å²) in [4.78, 5) is 0.362. The average molecular weight is 489 g/mol. The molecule has 1 aromatic carbocycles. The molecular formula is C20H22Cl2O2SZr+2. The molecule has 0 bridgehead atoms. The standard InChI is InChI=1S/C15H17O2S.C5H5.2ClH.Zr/c1-10-11(2)13(4)15(12(10)3)18(16,17)14-8-6-5-7-9-14;1-2-4-5-3-1;;;/h5-9H,1-4H3;1-5H;2*1H;/q;;;;+4/p-2. The maximum absolute atomic E-state index is 12.6. The van der Waals surface area contributed by atoms with Crippen molar-refractivity contribution in [2.24, 2.45) is 0 Å². The molecule has 0 saturated heterocycles. The van der Waals surface area contributed by atoms with Crippen molar-refractivity contribution < 1.29 is 29.3 Å². The average Bonchev–Trinajstić information content (AvgIpc) is 3.26. The van der Waals surface area contributed by atoms with Gasteiger partial charge in [0.2, 0.25) is 0 Å². The van der Waals surface area contributed by atoms with Crippen molar-refractivity contribution in [1.82, 2.24) is 0 Å². The Morgan fingerprint density at radius 3 is 1.38 bits per heavy atom.